The lowest BCUT2D eigenvalue weighted by atomic mass is 10.2. The molecule has 0 aliphatic rings. The molecule has 35 heavy (non-hydrogen) atoms. The number of benzene rings is 2. The summed E-state index contributed by atoms with van der Waals surface area (Å²) in [6.45, 7) is 9.99. The van der Waals surface area contributed by atoms with Crippen LogP contribution in [0.4, 0.5) is 10.5 Å². The van der Waals surface area contributed by atoms with Crippen molar-refractivity contribution in [3.8, 4) is 5.75 Å². The molecule has 0 unspecified atom stereocenters. The summed E-state index contributed by atoms with van der Waals surface area (Å²) < 4.78 is 5.65. The summed E-state index contributed by atoms with van der Waals surface area (Å²) in [6, 6.07) is 21.1. The molecule has 3 amide bonds. The van der Waals surface area contributed by atoms with Gasteiger partial charge in [-0.3, -0.25) is 4.79 Å². The van der Waals surface area contributed by atoms with Crippen molar-refractivity contribution in [1.82, 2.24) is 9.80 Å². The summed E-state index contributed by atoms with van der Waals surface area (Å²) in [4.78, 5) is 32.6. The maximum Gasteiger partial charge on any atom is 0.322 e. The van der Waals surface area contributed by atoms with E-state index in [0.29, 0.717) is 37.7 Å². The zero-order valence-electron chi connectivity index (χ0n) is 21.0. The number of nitrogens with one attached hydrogen (secondary N) is 1. The first kappa shape index (κ1) is 26.3. The average molecular weight is 494 g/mol. The van der Waals surface area contributed by atoms with Gasteiger partial charge in [0.2, 0.25) is 5.91 Å². The Kier molecular flexibility index (Phi) is 9.73. The van der Waals surface area contributed by atoms with Gasteiger partial charge in [-0.25, -0.2) is 4.79 Å². The molecule has 1 N–H and O–H groups in total. The number of carbonyl (C=O) groups is 2. The molecule has 186 valence electrons. The van der Waals surface area contributed by atoms with E-state index >= 15 is 0 Å². The van der Waals surface area contributed by atoms with Crippen LogP contribution in [0.2, 0.25) is 0 Å². The quantitative estimate of drug-likeness (QED) is 0.347. The second-order valence-corrected chi connectivity index (χ2v) is 10.3. The molecule has 0 bridgehead atoms. The fourth-order valence-corrected chi connectivity index (χ4v) is 4.67. The number of amides is 3. The molecule has 0 saturated heterocycles. The monoisotopic (exact) mass is 493 g/mol. The summed E-state index contributed by atoms with van der Waals surface area (Å²) >= 11 is 1.69. The summed E-state index contributed by atoms with van der Waals surface area (Å²) in [5.74, 6) is 0.727. The van der Waals surface area contributed by atoms with Gasteiger partial charge < -0.3 is 19.9 Å². The summed E-state index contributed by atoms with van der Waals surface area (Å²) in [5, 5.41) is 2.94. The number of para-hydroxylation sites is 2. The van der Waals surface area contributed by atoms with E-state index < -0.39 is 0 Å². The number of nitrogens with zero attached hydrogens (tertiary/aromatic N) is 2. The van der Waals surface area contributed by atoms with Crippen molar-refractivity contribution in [1.29, 1.82) is 0 Å². The predicted molar refractivity (Wildman–Crippen MR) is 143 cm³/mol. The number of hydrogen-bond acceptors (Lipinski definition) is 4. The number of anilines is 1. The lowest BCUT2D eigenvalue weighted by Gasteiger charge is -2.29. The molecule has 0 aliphatic heterocycles. The van der Waals surface area contributed by atoms with Crippen LogP contribution in [0, 0.1) is 12.8 Å². The number of rotatable bonds is 11. The highest BCUT2D eigenvalue weighted by molar-refractivity contribution is 7.11. The normalized spacial score (nSPS) is 10.8. The number of hydrogen-bond donors (Lipinski definition) is 1. The van der Waals surface area contributed by atoms with Crippen molar-refractivity contribution < 1.29 is 14.3 Å². The van der Waals surface area contributed by atoms with Crippen LogP contribution in [-0.2, 0) is 17.9 Å². The smallest absolute Gasteiger partial charge is 0.322 e. The van der Waals surface area contributed by atoms with E-state index in [9.17, 15) is 9.59 Å². The van der Waals surface area contributed by atoms with Crippen molar-refractivity contribution >= 4 is 29.0 Å². The Bertz CT molecular complexity index is 1100. The number of thiophene rings is 1. The standard InChI is InChI=1S/C28H35N3O3S/c1-5-34-26-14-10-9-13-25(26)29-28(33)31(17-21(2)3)20-27(32)30(18-23-11-7-6-8-12-23)19-24-16-15-22(4)35-24/h6-16,21H,5,17-20H2,1-4H3,(H,29,33). The van der Waals surface area contributed by atoms with Gasteiger partial charge in [0.15, 0.2) is 0 Å². The van der Waals surface area contributed by atoms with E-state index in [1.807, 2.05) is 74.2 Å². The van der Waals surface area contributed by atoms with E-state index in [0.717, 1.165) is 10.4 Å². The van der Waals surface area contributed by atoms with Gasteiger partial charge in [-0.05, 0) is 49.6 Å². The van der Waals surface area contributed by atoms with Crippen LogP contribution >= 0.6 is 11.3 Å². The molecule has 0 spiro atoms. The minimum absolute atomic E-state index is 0.00198. The Hall–Kier alpha value is -3.32. The molecule has 0 fully saturated rings. The van der Waals surface area contributed by atoms with Crippen molar-refractivity contribution in [2.45, 2.75) is 40.8 Å². The third-order valence-electron chi connectivity index (χ3n) is 5.34. The molecule has 3 rings (SSSR count). The third kappa shape index (κ3) is 8.14. The lowest BCUT2D eigenvalue weighted by molar-refractivity contribution is -0.133. The Labute approximate surface area is 212 Å². The summed E-state index contributed by atoms with van der Waals surface area (Å²) in [7, 11) is 0. The fraction of sp³-hybridized carbons (Fsp3) is 0.357. The largest absolute Gasteiger partial charge is 0.492 e. The van der Waals surface area contributed by atoms with Crippen LogP contribution in [0.3, 0.4) is 0 Å². The van der Waals surface area contributed by atoms with E-state index in [-0.39, 0.29) is 24.4 Å². The number of carbonyl (C=O) groups excluding carboxylic acids is 2. The molecule has 7 heteroatoms. The molecular weight excluding hydrogens is 458 g/mol. The van der Waals surface area contributed by atoms with Gasteiger partial charge in [0.1, 0.15) is 12.3 Å². The molecule has 1 aromatic heterocycles. The van der Waals surface area contributed by atoms with Gasteiger partial charge in [0, 0.05) is 22.8 Å². The lowest BCUT2D eigenvalue weighted by Crippen LogP contribution is -2.45. The van der Waals surface area contributed by atoms with Crippen LogP contribution < -0.4 is 10.1 Å². The Morgan fingerprint density at radius 3 is 2.31 bits per heavy atom. The van der Waals surface area contributed by atoms with Gasteiger partial charge >= 0.3 is 6.03 Å². The molecule has 0 saturated carbocycles. The topological polar surface area (TPSA) is 61.9 Å². The van der Waals surface area contributed by atoms with Gasteiger partial charge in [-0.1, -0.05) is 56.3 Å². The zero-order chi connectivity index (χ0) is 25.2. The van der Waals surface area contributed by atoms with Crippen molar-refractivity contribution in [2.24, 2.45) is 5.92 Å². The highest BCUT2D eigenvalue weighted by Gasteiger charge is 2.23. The van der Waals surface area contributed by atoms with Crippen LogP contribution in [0.1, 0.15) is 36.1 Å². The Morgan fingerprint density at radius 1 is 0.943 bits per heavy atom. The minimum atomic E-state index is -0.314. The van der Waals surface area contributed by atoms with Crippen LogP contribution in [0.5, 0.6) is 5.75 Å². The van der Waals surface area contributed by atoms with Gasteiger partial charge in [0.05, 0.1) is 18.8 Å². The second kappa shape index (κ2) is 13.0. The Morgan fingerprint density at radius 2 is 1.66 bits per heavy atom. The summed E-state index contributed by atoms with van der Waals surface area (Å²) in [5.41, 5.74) is 1.65. The third-order valence-corrected chi connectivity index (χ3v) is 6.32. The number of ether oxygens (including phenoxy) is 1. The second-order valence-electron chi connectivity index (χ2n) is 8.88. The van der Waals surface area contributed by atoms with Gasteiger partial charge in [-0.15, -0.1) is 11.3 Å². The van der Waals surface area contributed by atoms with Crippen LogP contribution in [-0.4, -0.2) is 41.4 Å². The van der Waals surface area contributed by atoms with E-state index in [4.69, 9.17) is 4.74 Å². The van der Waals surface area contributed by atoms with Crippen LogP contribution in [0.25, 0.3) is 0 Å². The first-order valence-corrected chi connectivity index (χ1v) is 12.8. The molecule has 3 aromatic rings. The SMILES string of the molecule is CCOc1ccccc1NC(=O)N(CC(=O)N(Cc1ccccc1)Cc1ccc(C)s1)CC(C)C. The van der Waals surface area contributed by atoms with Crippen molar-refractivity contribution in [2.75, 3.05) is 25.0 Å². The number of urea groups is 1. The fourth-order valence-electron chi connectivity index (χ4n) is 3.76. The molecule has 1 heterocycles. The van der Waals surface area contributed by atoms with E-state index in [1.165, 1.54) is 4.88 Å². The molecule has 0 atom stereocenters. The first-order valence-electron chi connectivity index (χ1n) is 12.0. The maximum absolute atomic E-state index is 13.6. The zero-order valence-corrected chi connectivity index (χ0v) is 21.8. The Balaban J connectivity index is 1.78. The highest BCUT2D eigenvalue weighted by atomic mass is 32.1. The minimum Gasteiger partial charge on any atom is -0.492 e. The van der Waals surface area contributed by atoms with Crippen LogP contribution in [0.15, 0.2) is 66.7 Å². The predicted octanol–water partition coefficient (Wildman–Crippen LogP) is 6.17. The molecule has 6 nitrogen and oxygen atoms in total. The van der Waals surface area contributed by atoms with Crippen molar-refractivity contribution in [3.63, 3.8) is 0 Å². The maximum atomic E-state index is 13.6. The van der Waals surface area contributed by atoms with Crippen molar-refractivity contribution in [3.05, 3.63) is 82.0 Å². The molecular formula is C28H35N3O3S. The first-order chi connectivity index (χ1) is 16.9. The molecule has 2 aromatic carbocycles. The van der Waals surface area contributed by atoms with E-state index in [2.05, 4.69) is 24.4 Å². The van der Waals surface area contributed by atoms with Gasteiger partial charge in [0.25, 0.3) is 0 Å². The molecule has 0 aliphatic carbocycles. The average Bonchev–Trinajstić information content (AvgIpc) is 3.24. The van der Waals surface area contributed by atoms with Gasteiger partial charge in [-0.2, -0.15) is 0 Å². The summed E-state index contributed by atoms with van der Waals surface area (Å²) in [6.07, 6.45) is 0. The number of aryl methyl sites for hydroxylation is 1. The molecule has 0 radical (unpaired) electrons. The van der Waals surface area contributed by atoms with E-state index in [1.54, 1.807) is 22.3 Å². The highest BCUT2D eigenvalue weighted by Crippen LogP contribution is 2.24.